The first kappa shape index (κ1) is 15.7. The maximum atomic E-state index is 13.2. The van der Waals surface area contributed by atoms with Crippen LogP contribution in [0.5, 0.6) is 0 Å². The molecule has 126 valence electrons. The van der Waals surface area contributed by atoms with Crippen LogP contribution in [0.15, 0.2) is 46.3 Å². The molecule has 4 heterocycles. The molecule has 0 aliphatic carbocycles. The molecule has 10 heteroatoms. The molecule has 0 radical (unpaired) electrons. The minimum absolute atomic E-state index is 0.0570. The predicted molar refractivity (Wildman–Crippen MR) is 91.6 cm³/mol. The number of fused-ring (bicyclic) bond motifs is 1. The van der Waals surface area contributed by atoms with E-state index in [1.54, 1.807) is 12.1 Å². The summed E-state index contributed by atoms with van der Waals surface area (Å²) in [6, 6.07) is 6.65. The Balaban J connectivity index is 1.95. The highest BCUT2D eigenvalue weighted by atomic mass is 32.1. The molecule has 0 saturated heterocycles. The second-order valence-corrected chi connectivity index (χ2v) is 7.00. The topological polar surface area (TPSA) is 99.0 Å². The molecule has 4 rings (SSSR count). The maximum Gasteiger partial charge on any atom is 0.355 e. The number of thiophene rings is 2. The van der Waals surface area contributed by atoms with Crippen molar-refractivity contribution in [2.45, 2.75) is 6.04 Å². The Bertz CT molecular complexity index is 959. The molecule has 1 unspecified atom stereocenters. The summed E-state index contributed by atoms with van der Waals surface area (Å²) in [6.07, 6.45) is 0. The highest BCUT2D eigenvalue weighted by Gasteiger charge is 2.39. The number of Topliss-reactive ketones (excluding diaryl/α,β-unsaturated/α-hetero) is 1. The Labute approximate surface area is 149 Å². The van der Waals surface area contributed by atoms with Gasteiger partial charge in [-0.05, 0) is 33.3 Å². The number of nitrogens with zero attached hydrogens (tertiary/aromatic N) is 4. The summed E-state index contributed by atoms with van der Waals surface area (Å²) in [5, 5.41) is 18.1. The minimum atomic E-state index is -0.643. The van der Waals surface area contributed by atoms with E-state index in [2.05, 4.69) is 20.8 Å². The highest BCUT2D eigenvalue weighted by Crippen LogP contribution is 2.38. The lowest BCUT2D eigenvalue weighted by Gasteiger charge is -2.26. The van der Waals surface area contributed by atoms with Crippen LogP contribution in [0.2, 0.25) is 0 Å². The van der Waals surface area contributed by atoms with Crippen LogP contribution in [0.1, 0.15) is 20.6 Å². The number of methoxy groups -OCH3 is 1. The number of carbonyl (C=O) groups is 2. The maximum absolute atomic E-state index is 13.2. The van der Waals surface area contributed by atoms with Gasteiger partial charge in [-0.2, -0.15) is 4.68 Å². The zero-order valence-corrected chi connectivity index (χ0v) is 14.5. The first-order valence-corrected chi connectivity index (χ1v) is 8.95. The summed E-state index contributed by atoms with van der Waals surface area (Å²) >= 11 is 2.76. The molecule has 1 atom stereocenters. The van der Waals surface area contributed by atoms with Crippen LogP contribution in [0, 0.1) is 0 Å². The fraction of sp³-hybridized carbons (Fsp3) is 0.133. The number of aromatic nitrogens is 4. The first-order chi connectivity index (χ1) is 12.2. The van der Waals surface area contributed by atoms with Crippen LogP contribution < -0.4 is 5.32 Å². The summed E-state index contributed by atoms with van der Waals surface area (Å²) in [4.78, 5) is 26.9. The lowest BCUT2D eigenvalue weighted by atomic mass is 9.96. The third kappa shape index (κ3) is 2.55. The predicted octanol–water partition coefficient (Wildman–Crippen LogP) is 2.12. The molecule has 0 aromatic carbocycles. The molecule has 0 amide bonds. The molecule has 3 aromatic rings. The lowest BCUT2D eigenvalue weighted by molar-refractivity contribution is -0.136. The Kier molecular flexibility index (Phi) is 3.90. The van der Waals surface area contributed by atoms with Crippen LogP contribution in [-0.4, -0.2) is 39.1 Å². The normalized spacial score (nSPS) is 16.3. The number of nitrogens with one attached hydrogen (secondary N) is 1. The second-order valence-electron chi connectivity index (χ2n) is 5.08. The third-order valence-corrected chi connectivity index (χ3v) is 5.50. The van der Waals surface area contributed by atoms with Crippen LogP contribution in [0.3, 0.4) is 0 Å². The second kappa shape index (κ2) is 6.22. The van der Waals surface area contributed by atoms with Crippen LogP contribution in [-0.2, 0) is 9.53 Å². The smallest absolute Gasteiger partial charge is 0.355 e. The van der Waals surface area contributed by atoms with Gasteiger partial charge in [0.15, 0.2) is 0 Å². The van der Waals surface area contributed by atoms with E-state index in [0.717, 1.165) is 4.88 Å². The van der Waals surface area contributed by atoms with Crippen molar-refractivity contribution in [1.82, 2.24) is 20.2 Å². The van der Waals surface area contributed by atoms with E-state index in [4.69, 9.17) is 4.74 Å². The number of allylic oxidation sites excluding steroid dienone is 1. The van der Waals surface area contributed by atoms with Crippen molar-refractivity contribution in [1.29, 1.82) is 0 Å². The van der Waals surface area contributed by atoms with Gasteiger partial charge in [0, 0.05) is 4.88 Å². The van der Waals surface area contributed by atoms with E-state index in [1.165, 1.54) is 34.5 Å². The van der Waals surface area contributed by atoms with Gasteiger partial charge in [0.1, 0.15) is 11.7 Å². The highest BCUT2D eigenvalue weighted by molar-refractivity contribution is 7.12. The average molecular weight is 373 g/mol. The average Bonchev–Trinajstić information content (AvgIpc) is 3.40. The number of ketones is 1. The Morgan fingerprint density at radius 2 is 2.04 bits per heavy atom. The van der Waals surface area contributed by atoms with Gasteiger partial charge in [0.05, 0.1) is 17.6 Å². The molecule has 1 aliphatic rings. The van der Waals surface area contributed by atoms with Gasteiger partial charge in [-0.1, -0.05) is 17.2 Å². The van der Waals surface area contributed by atoms with E-state index in [0.29, 0.717) is 4.88 Å². The summed E-state index contributed by atoms with van der Waals surface area (Å²) in [7, 11) is 1.27. The van der Waals surface area contributed by atoms with Gasteiger partial charge in [-0.15, -0.1) is 22.7 Å². The molecule has 0 bridgehead atoms. The van der Waals surface area contributed by atoms with Crippen LogP contribution in [0.25, 0.3) is 0 Å². The number of anilines is 1. The monoisotopic (exact) mass is 373 g/mol. The van der Waals surface area contributed by atoms with Crippen molar-refractivity contribution >= 4 is 40.4 Å². The minimum Gasteiger partial charge on any atom is -0.464 e. The van der Waals surface area contributed by atoms with Gasteiger partial charge in [0.25, 0.3) is 0 Å². The SMILES string of the molecule is COC(=O)C1=C(C(=O)c2cccs2)C(c2cccs2)n2nnnc2N1. The van der Waals surface area contributed by atoms with Crippen molar-refractivity contribution in [2.24, 2.45) is 0 Å². The molecule has 1 N–H and O–H groups in total. The fourth-order valence-corrected chi connectivity index (χ4v) is 4.13. The number of rotatable bonds is 4. The van der Waals surface area contributed by atoms with E-state index >= 15 is 0 Å². The van der Waals surface area contributed by atoms with Crippen molar-refractivity contribution in [3.63, 3.8) is 0 Å². The van der Waals surface area contributed by atoms with E-state index in [-0.39, 0.29) is 23.0 Å². The van der Waals surface area contributed by atoms with Gasteiger partial charge < -0.3 is 10.1 Å². The van der Waals surface area contributed by atoms with Gasteiger partial charge in [-0.25, -0.2) is 4.79 Å². The van der Waals surface area contributed by atoms with Crippen molar-refractivity contribution in [2.75, 3.05) is 12.4 Å². The first-order valence-electron chi connectivity index (χ1n) is 7.19. The number of hydrogen-bond donors (Lipinski definition) is 1. The van der Waals surface area contributed by atoms with Crippen molar-refractivity contribution in [3.05, 3.63) is 56.1 Å². The van der Waals surface area contributed by atoms with E-state index in [1.807, 2.05) is 22.9 Å². The van der Waals surface area contributed by atoms with Gasteiger partial charge in [0.2, 0.25) is 11.7 Å². The zero-order valence-electron chi connectivity index (χ0n) is 12.9. The van der Waals surface area contributed by atoms with Crippen LogP contribution >= 0.6 is 22.7 Å². The lowest BCUT2D eigenvalue weighted by Crippen LogP contribution is -2.32. The number of hydrogen-bond acceptors (Lipinski definition) is 9. The number of ether oxygens (including phenoxy) is 1. The summed E-state index contributed by atoms with van der Waals surface area (Å²) < 4.78 is 6.36. The van der Waals surface area contributed by atoms with Gasteiger partial charge in [-0.3, -0.25) is 4.79 Å². The van der Waals surface area contributed by atoms with Crippen molar-refractivity contribution < 1.29 is 14.3 Å². The number of esters is 1. The molecular formula is C15H11N5O3S2. The Morgan fingerprint density at radius 3 is 2.72 bits per heavy atom. The Morgan fingerprint density at radius 1 is 1.24 bits per heavy atom. The molecule has 8 nitrogen and oxygen atoms in total. The molecule has 0 fully saturated rings. The van der Waals surface area contributed by atoms with E-state index in [9.17, 15) is 9.59 Å². The summed E-state index contributed by atoms with van der Waals surface area (Å²) in [6.45, 7) is 0. The molecule has 25 heavy (non-hydrogen) atoms. The van der Waals surface area contributed by atoms with Gasteiger partial charge >= 0.3 is 5.97 Å². The zero-order chi connectivity index (χ0) is 17.4. The summed E-state index contributed by atoms with van der Waals surface area (Å²) in [5.74, 6) is -0.625. The molecule has 0 saturated carbocycles. The molecule has 1 aliphatic heterocycles. The standard InChI is InChI=1S/C15H11N5O3S2/c1-23-14(22)11-10(13(21)9-5-3-7-25-9)12(8-4-2-6-24-8)20-15(16-11)17-18-19-20/h2-7,12H,1H3,(H,16,17,19). The Hall–Kier alpha value is -2.85. The molecule has 3 aromatic heterocycles. The van der Waals surface area contributed by atoms with E-state index < -0.39 is 12.0 Å². The third-order valence-electron chi connectivity index (χ3n) is 3.71. The largest absolute Gasteiger partial charge is 0.464 e. The quantitative estimate of drug-likeness (QED) is 0.552. The fourth-order valence-electron chi connectivity index (χ4n) is 2.64. The number of tetrazole rings is 1. The van der Waals surface area contributed by atoms with Crippen molar-refractivity contribution in [3.8, 4) is 0 Å². The molecule has 0 spiro atoms. The summed E-state index contributed by atoms with van der Waals surface area (Å²) in [5.41, 5.74) is 0.318. The molecular weight excluding hydrogens is 362 g/mol. The number of carbonyl (C=O) groups excluding carboxylic acids is 2. The van der Waals surface area contributed by atoms with Crippen LogP contribution in [0.4, 0.5) is 5.95 Å².